The topological polar surface area (TPSA) is 41.9 Å². The zero-order chi connectivity index (χ0) is 16.0. The van der Waals surface area contributed by atoms with Crippen molar-refractivity contribution in [2.75, 3.05) is 26.4 Å². The van der Waals surface area contributed by atoms with Gasteiger partial charge >= 0.3 is 0 Å². The molecule has 1 aliphatic heterocycles. The van der Waals surface area contributed by atoms with Gasteiger partial charge in [0.05, 0.1) is 6.61 Å². The first-order valence-corrected chi connectivity index (χ1v) is 8.35. The molecule has 1 heterocycles. The monoisotopic (exact) mass is 307 g/mol. The van der Waals surface area contributed by atoms with Crippen molar-refractivity contribution in [2.24, 2.45) is 0 Å². The van der Waals surface area contributed by atoms with Gasteiger partial charge in [-0.15, -0.1) is 0 Å². The zero-order valence-electron chi connectivity index (χ0n) is 14.0. The Bertz CT molecular complexity index is 431. The molecule has 1 N–H and O–H groups in total. The SMILES string of the molecule is CCOC1(OCC)CCN([C@H](C)c2ccccc2)[C@H](CO)C1. The lowest BCUT2D eigenvalue weighted by Gasteiger charge is -2.47. The number of aliphatic hydroxyl groups excluding tert-OH is 1. The molecular weight excluding hydrogens is 278 g/mol. The second-order valence-electron chi connectivity index (χ2n) is 5.89. The van der Waals surface area contributed by atoms with E-state index in [0.29, 0.717) is 19.6 Å². The van der Waals surface area contributed by atoms with Gasteiger partial charge in [0.2, 0.25) is 0 Å². The van der Waals surface area contributed by atoms with E-state index in [2.05, 4.69) is 36.1 Å². The van der Waals surface area contributed by atoms with Crippen LogP contribution in [0.1, 0.15) is 45.2 Å². The van der Waals surface area contributed by atoms with E-state index in [9.17, 15) is 5.11 Å². The van der Waals surface area contributed by atoms with Crippen LogP contribution in [0, 0.1) is 0 Å². The molecule has 2 atom stereocenters. The number of piperidine rings is 1. The lowest BCUT2D eigenvalue weighted by atomic mass is 9.92. The molecule has 1 aromatic rings. The van der Waals surface area contributed by atoms with Crippen LogP contribution in [-0.4, -0.2) is 48.2 Å². The van der Waals surface area contributed by atoms with Crippen LogP contribution in [-0.2, 0) is 9.47 Å². The molecule has 22 heavy (non-hydrogen) atoms. The van der Waals surface area contributed by atoms with Gasteiger partial charge in [-0.1, -0.05) is 30.3 Å². The van der Waals surface area contributed by atoms with E-state index in [1.807, 2.05) is 19.9 Å². The van der Waals surface area contributed by atoms with E-state index in [-0.39, 0.29) is 18.7 Å². The van der Waals surface area contributed by atoms with Gasteiger partial charge in [-0.3, -0.25) is 4.90 Å². The van der Waals surface area contributed by atoms with E-state index in [1.165, 1.54) is 5.56 Å². The van der Waals surface area contributed by atoms with Gasteiger partial charge in [-0.25, -0.2) is 0 Å². The average molecular weight is 307 g/mol. The van der Waals surface area contributed by atoms with Gasteiger partial charge in [-0.05, 0) is 26.3 Å². The average Bonchev–Trinajstić information content (AvgIpc) is 2.55. The third-order valence-corrected chi connectivity index (χ3v) is 4.57. The summed E-state index contributed by atoms with van der Waals surface area (Å²) in [5, 5.41) is 9.87. The molecule has 0 bridgehead atoms. The Labute approximate surface area is 134 Å². The van der Waals surface area contributed by atoms with Crippen LogP contribution in [0.25, 0.3) is 0 Å². The molecule has 0 amide bonds. The smallest absolute Gasteiger partial charge is 0.171 e. The number of rotatable bonds is 7. The maximum Gasteiger partial charge on any atom is 0.171 e. The minimum Gasteiger partial charge on any atom is -0.395 e. The highest BCUT2D eigenvalue weighted by Gasteiger charge is 2.42. The normalized spacial score (nSPS) is 23.4. The summed E-state index contributed by atoms with van der Waals surface area (Å²) < 4.78 is 11.8. The van der Waals surface area contributed by atoms with Gasteiger partial charge in [0, 0.05) is 44.7 Å². The molecule has 2 rings (SSSR count). The van der Waals surface area contributed by atoms with E-state index >= 15 is 0 Å². The summed E-state index contributed by atoms with van der Waals surface area (Å²) >= 11 is 0. The van der Waals surface area contributed by atoms with Gasteiger partial charge in [0.15, 0.2) is 5.79 Å². The molecule has 0 unspecified atom stereocenters. The van der Waals surface area contributed by atoms with Crippen molar-refractivity contribution in [1.29, 1.82) is 0 Å². The molecule has 0 spiro atoms. The quantitative estimate of drug-likeness (QED) is 0.786. The van der Waals surface area contributed by atoms with Crippen molar-refractivity contribution in [3.05, 3.63) is 35.9 Å². The number of ether oxygens (including phenoxy) is 2. The predicted molar refractivity (Wildman–Crippen MR) is 87.7 cm³/mol. The fourth-order valence-electron chi connectivity index (χ4n) is 3.49. The minimum absolute atomic E-state index is 0.0575. The molecule has 124 valence electrons. The van der Waals surface area contributed by atoms with Crippen LogP contribution >= 0.6 is 0 Å². The second-order valence-corrected chi connectivity index (χ2v) is 5.89. The highest BCUT2D eigenvalue weighted by Crippen LogP contribution is 2.36. The summed E-state index contributed by atoms with van der Waals surface area (Å²) in [5.41, 5.74) is 1.28. The van der Waals surface area contributed by atoms with Crippen LogP contribution in [0.5, 0.6) is 0 Å². The van der Waals surface area contributed by atoms with Crippen LogP contribution < -0.4 is 0 Å². The Kier molecular flexibility index (Phi) is 6.38. The van der Waals surface area contributed by atoms with Crippen molar-refractivity contribution >= 4 is 0 Å². The third-order valence-electron chi connectivity index (χ3n) is 4.57. The highest BCUT2D eigenvalue weighted by atomic mass is 16.7. The lowest BCUT2D eigenvalue weighted by molar-refractivity contribution is -0.265. The number of nitrogens with zero attached hydrogens (tertiary/aromatic N) is 1. The number of aliphatic hydroxyl groups is 1. The van der Waals surface area contributed by atoms with Gasteiger partial charge in [0.25, 0.3) is 0 Å². The van der Waals surface area contributed by atoms with Gasteiger partial charge < -0.3 is 14.6 Å². The van der Waals surface area contributed by atoms with E-state index in [4.69, 9.17) is 9.47 Å². The third kappa shape index (κ3) is 3.87. The van der Waals surface area contributed by atoms with E-state index < -0.39 is 5.79 Å². The fourth-order valence-corrected chi connectivity index (χ4v) is 3.49. The molecule has 1 aromatic carbocycles. The van der Waals surface area contributed by atoms with E-state index in [0.717, 1.165) is 13.0 Å². The first-order chi connectivity index (χ1) is 10.7. The van der Waals surface area contributed by atoms with Crippen molar-refractivity contribution in [3.8, 4) is 0 Å². The van der Waals surface area contributed by atoms with Crippen molar-refractivity contribution < 1.29 is 14.6 Å². The maximum atomic E-state index is 9.87. The highest BCUT2D eigenvalue weighted by molar-refractivity contribution is 5.19. The summed E-state index contributed by atoms with van der Waals surface area (Å²) in [6.45, 7) is 8.44. The molecule has 0 radical (unpaired) electrons. The van der Waals surface area contributed by atoms with Crippen LogP contribution in [0.15, 0.2) is 30.3 Å². The fraction of sp³-hybridized carbons (Fsp3) is 0.667. The molecular formula is C18H29NO3. The zero-order valence-corrected chi connectivity index (χ0v) is 14.0. The van der Waals surface area contributed by atoms with Crippen molar-refractivity contribution in [1.82, 2.24) is 4.90 Å². The van der Waals surface area contributed by atoms with Crippen LogP contribution in [0.3, 0.4) is 0 Å². The van der Waals surface area contributed by atoms with Crippen molar-refractivity contribution in [2.45, 2.75) is 51.5 Å². The Morgan fingerprint density at radius 3 is 2.41 bits per heavy atom. The Hall–Kier alpha value is -0.940. The number of benzene rings is 1. The van der Waals surface area contributed by atoms with Gasteiger partial charge in [0.1, 0.15) is 0 Å². The number of hydrogen-bond acceptors (Lipinski definition) is 4. The molecule has 4 nitrogen and oxygen atoms in total. The summed E-state index contributed by atoms with van der Waals surface area (Å²) in [5.74, 6) is -0.538. The number of hydrogen-bond donors (Lipinski definition) is 1. The lowest BCUT2D eigenvalue weighted by Crippen LogP contribution is -2.54. The molecule has 0 aliphatic carbocycles. The summed E-state index contributed by atoms with van der Waals surface area (Å²) in [7, 11) is 0. The molecule has 1 saturated heterocycles. The number of likely N-dealkylation sites (tertiary alicyclic amines) is 1. The first kappa shape index (κ1) is 17.4. The molecule has 0 aromatic heterocycles. The van der Waals surface area contributed by atoms with Gasteiger partial charge in [-0.2, -0.15) is 0 Å². The summed E-state index contributed by atoms with van der Waals surface area (Å²) in [4.78, 5) is 2.37. The van der Waals surface area contributed by atoms with E-state index in [1.54, 1.807) is 0 Å². The van der Waals surface area contributed by atoms with Crippen LogP contribution in [0.2, 0.25) is 0 Å². The summed E-state index contributed by atoms with van der Waals surface area (Å²) in [6, 6.07) is 10.8. The molecule has 4 heteroatoms. The molecule has 0 saturated carbocycles. The Morgan fingerprint density at radius 2 is 1.86 bits per heavy atom. The Balaban J connectivity index is 2.12. The second kappa shape index (κ2) is 8.06. The molecule has 1 fully saturated rings. The standard InChI is InChI=1S/C18H29NO3/c1-4-21-18(22-5-2)11-12-19(17(13-18)14-20)15(3)16-9-7-6-8-10-16/h6-10,15,17,20H,4-5,11-14H2,1-3H3/t15-,17+/m1/s1. The predicted octanol–water partition coefficient (Wildman–Crippen LogP) is 2.97. The van der Waals surface area contributed by atoms with Crippen molar-refractivity contribution in [3.63, 3.8) is 0 Å². The summed E-state index contributed by atoms with van der Waals surface area (Å²) in [6.07, 6.45) is 1.55. The van der Waals surface area contributed by atoms with Crippen LogP contribution in [0.4, 0.5) is 0 Å². The maximum absolute atomic E-state index is 9.87. The largest absolute Gasteiger partial charge is 0.395 e. The first-order valence-electron chi connectivity index (χ1n) is 8.35. The Morgan fingerprint density at radius 1 is 1.23 bits per heavy atom. The minimum atomic E-state index is -0.538. The molecule has 1 aliphatic rings.